The Bertz CT molecular complexity index is 414. The first-order valence-electron chi connectivity index (χ1n) is 9.04. The second-order valence-electron chi connectivity index (χ2n) is 7.10. The second-order valence-corrected chi connectivity index (χ2v) is 7.10. The van der Waals surface area contributed by atoms with Crippen LogP contribution in [-0.2, 0) is 9.47 Å². The molecule has 3 heteroatoms. The zero-order valence-electron chi connectivity index (χ0n) is 13.9. The van der Waals surface area contributed by atoms with E-state index < -0.39 is 0 Å². The molecule has 2 heterocycles. The summed E-state index contributed by atoms with van der Waals surface area (Å²) < 4.78 is 11.1. The molecule has 2 aliphatic heterocycles. The molecule has 0 aliphatic carbocycles. The molecular formula is C19H29BO2. The van der Waals surface area contributed by atoms with Gasteiger partial charge in [-0.25, -0.2) is 0 Å². The van der Waals surface area contributed by atoms with Gasteiger partial charge in [0.1, 0.15) is 13.5 Å². The Balaban J connectivity index is 1.61. The van der Waals surface area contributed by atoms with Gasteiger partial charge in [0.05, 0.1) is 6.10 Å². The Kier molecular flexibility index (Phi) is 5.97. The van der Waals surface area contributed by atoms with Gasteiger partial charge < -0.3 is 9.47 Å². The summed E-state index contributed by atoms with van der Waals surface area (Å²) in [6, 6.07) is 10.6. The third kappa shape index (κ3) is 3.94. The Morgan fingerprint density at radius 3 is 2.27 bits per heavy atom. The first-order chi connectivity index (χ1) is 10.9. The molecule has 2 bridgehead atoms. The van der Waals surface area contributed by atoms with E-state index in [2.05, 4.69) is 30.3 Å². The number of hydrogen-bond donors (Lipinski definition) is 0. The molecule has 0 amide bonds. The summed E-state index contributed by atoms with van der Waals surface area (Å²) in [4.78, 5) is 0. The van der Waals surface area contributed by atoms with Crippen molar-refractivity contribution in [3.8, 4) is 0 Å². The van der Waals surface area contributed by atoms with Gasteiger partial charge in [-0.3, -0.25) is 0 Å². The molecule has 0 spiro atoms. The summed E-state index contributed by atoms with van der Waals surface area (Å²) in [7, 11) is 1.70. The summed E-state index contributed by atoms with van der Waals surface area (Å²) >= 11 is 0. The van der Waals surface area contributed by atoms with E-state index >= 15 is 0 Å². The van der Waals surface area contributed by atoms with Crippen LogP contribution in [0.15, 0.2) is 30.3 Å². The molecule has 1 aromatic carbocycles. The molecule has 2 aliphatic rings. The van der Waals surface area contributed by atoms with E-state index in [1.807, 2.05) is 0 Å². The fraction of sp³-hybridized carbons (Fsp3) is 0.684. The first kappa shape index (κ1) is 16.1. The molecule has 2 saturated heterocycles. The number of rotatable bonds is 7. The van der Waals surface area contributed by atoms with Gasteiger partial charge in [0.15, 0.2) is 0 Å². The van der Waals surface area contributed by atoms with Crippen LogP contribution in [0.4, 0.5) is 0 Å². The maximum atomic E-state index is 5.97. The Hall–Kier alpha value is -0.795. The van der Waals surface area contributed by atoms with E-state index in [4.69, 9.17) is 9.47 Å². The predicted octanol–water partition coefficient (Wildman–Crippen LogP) is 5.34. The fourth-order valence-corrected chi connectivity index (χ4v) is 4.79. The lowest BCUT2D eigenvalue weighted by molar-refractivity contribution is -0.0744. The van der Waals surface area contributed by atoms with Crippen LogP contribution in [0.5, 0.6) is 0 Å². The zero-order chi connectivity index (χ0) is 15.2. The van der Waals surface area contributed by atoms with E-state index in [9.17, 15) is 0 Å². The highest BCUT2D eigenvalue weighted by Gasteiger charge is 2.38. The van der Waals surface area contributed by atoms with Crippen molar-refractivity contribution in [1.82, 2.24) is 0 Å². The van der Waals surface area contributed by atoms with Crippen LogP contribution in [0.3, 0.4) is 0 Å². The molecule has 120 valence electrons. The van der Waals surface area contributed by atoms with Crippen molar-refractivity contribution in [3.63, 3.8) is 0 Å². The third-order valence-corrected chi connectivity index (χ3v) is 5.83. The van der Waals surface area contributed by atoms with E-state index in [1.54, 1.807) is 7.11 Å². The van der Waals surface area contributed by atoms with Crippen molar-refractivity contribution in [2.24, 2.45) is 0 Å². The standard InChI is InChI=1S/C19H29BO2/c1-21-15-22-19(16-7-3-2-4-8-16)13-14-20-17-9-5-10-18(20)12-6-11-17/h2-4,7-8,17-19H,5-6,9-15H2,1H3. The van der Waals surface area contributed by atoms with Crippen molar-refractivity contribution in [1.29, 1.82) is 0 Å². The Morgan fingerprint density at radius 2 is 1.68 bits per heavy atom. The van der Waals surface area contributed by atoms with Crippen molar-refractivity contribution in [3.05, 3.63) is 35.9 Å². The van der Waals surface area contributed by atoms with Crippen molar-refractivity contribution >= 4 is 6.71 Å². The van der Waals surface area contributed by atoms with E-state index in [-0.39, 0.29) is 6.10 Å². The Morgan fingerprint density at radius 1 is 1.05 bits per heavy atom. The second kappa shape index (κ2) is 8.17. The highest BCUT2D eigenvalue weighted by molar-refractivity contribution is 6.62. The molecule has 1 unspecified atom stereocenters. The minimum absolute atomic E-state index is 0.184. The quantitative estimate of drug-likeness (QED) is 0.500. The number of benzene rings is 1. The summed E-state index contributed by atoms with van der Waals surface area (Å²) in [5, 5.41) is 0. The lowest BCUT2D eigenvalue weighted by Crippen LogP contribution is -2.34. The molecule has 0 saturated carbocycles. The molecule has 0 N–H and O–H groups in total. The number of ether oxygens (including phenoxy) is 2. The molecule has 22 heavy (non-hydrogen) atoms. The zero-order valence-corrected chi connectivity index (χ0v) is 13.9. The monoisotopic (exact) mass is 300 g/mol. The number of hydrogen-bond acceptors (Lipinski definition) is 2. The minimum atomic E-state index is 0.184. The summed E-state index contributed by atoms with van der Waals surface area (Å²) in [5.74, 6) is 1.98. The molecule has 1 aromatic rings. The van der Waals surface area contributed by atoms with Crippen LogP contribution < -0.4 is 0 Å². The van der Waals surface area contributed by atoms with Gasteiger partial charge in [-0.2, -0.15) is 0 Å². The predicted molar refractivity (Wildman–Crippen MR) is 92.5 cm³/mol. The van der Waals surface area contributed by atoms with Crippen LogP contribution in [0, 0.1) is 0 Å². The van der Waals surface area contributed by atoms with Crippen molar-refractivity contribution in [2.45, 2.75) is 69.0 Å². The number of methoxy groups -OCH3 is 1. The van der Waals surface area contributed by atoms with Crippen LogP contribution in [0.1, 0.15) is 56.6 Å². The van der Waals surface area contributed by atoms with Crippen molar-refractivity contribution in [2.75, 3.05) is 13.9 Å². The topological polar surface area (TPSA) is 18.5 Å². The van der Waals surface area contributed by atoms with Crippen molar-refractivity contribution < 1.29 is 9.47 Å². The van der Waals surface area contributed by atoms with E-state index in [0.717, 1.165) is 24.8 Å². The fourth-order valence-electron chi connectivity index (χ4n) is 4.79. The van der Waals surface area contributed by atoms with Gasteiger partial charge in [-0.1, -0.05) is 86.8 Å². The molecule has 0 aromatic heterocycles. The normalized spacial score (nSPS) is 26.0. The summed E-state index contributed by atoms with van der Waals surface area (Å²) in [6.07, 6.45) is 11.4. The SMILES string of the molecule is COCOC(CCB1C2CCCC1CCC2)c1ccccc1. The summed E-state index contributed by atoms with van der Waals surface area (Å²) in [5.41, 5.74) is 1.29. The van der Waals surface area contributed by atoms with Gasteiger partial charge in [-0.05, 0) is 12.0 Å². The lowest BCUT2D eigenvalue weighted by atomic mass is 9.25. The van der Waals surface area contributed by atoms with Gasteiger partial charge in [0.25, 0.3) is 0 Å². The molecular weight excluding hydrogens is 271 g/mol. The summed E-state index contributed by atoms with van der Waals surface area (Å²) in [6.45, 7) is 1.33. The smallest absolute Gasteiger partial charge is 0.147 e. The van der Waals surface area contributed by atoms with E-state index in [0.29, 0.717) is 6.79 Å². The third-order valence-electron chi connectivity index (χ3n) is 5.83. The van der Waals surface area contributed by atoms with Gasteiger partial charge >= 0.3 is 0 Å². The molecule has 2 fully saturated rings. The highest BCUT2D eigenvalue weighted by Crippen LogP contribution is 2.48. The number of fused-ring (bicyclic) bond motifs is 2. The van der Waals surface area contributed by atoms with Gasteiger partial charge in [-0.15, -0.1) is 0 Å². The maximum absolute atomic E-state index is 5.97. The molecule has 0 radical (unpaired) electrons. The average Bonchev–Trinajstić information content (AvgIpc) is 2.55. The van der Waals surface area contributed by atoms with Crippen LogP contribution in [-0.4, -0.2) is 20.6 Å². The molecule has 3 rings (SSSR count). The Labute approximate surface area is 135 Å². The average molecular weight is 300 g/mol. The lowest BCUT2D eigenvalue weighted by Gasteiger charge is -2.41. The molecule has 1 atom stereocenters. The minimum Gasteiger partial charge on any atom is -0.359 e. The van der Waals surface area contributed by atoms with Crippen LogP contribution >= 0.6 is 0 Å². The highest BCUT2D eigenvalue weighted by atomic mass is 16.7. The van der Waals surface area contributed by atoms with Gasteiger partial charge in [0, 0.05) is 7.11 Å². The maximum Gasteiger partial charge on any atom is 0.147 e. The molecule has 2 nitrogen and oxygen atoms in total. The van der Waals surface area contributed by atoms with Crippen LogP contribution in [0.25, 0.3) is 0 Å². The van der Waals surface area contributed by atoms with Crippen LogP contribution in [0.2, 0.25) is 18.0 Å². The van der Waals surface area contributed by atoms with Gasteiger partial charge in [0.2, 0.25) is 0 Å². The largest absolute Gasteiger partial charge is 0.359 e. The van der Waals surface area contributed by atoms with E-state index in [1.165, 1.54) is 50.4 Å². The first-order valence-corrected chi connectivity index (χ1v) is 9.04.